The number of nitrogens with one attached hydrogen (secondary N) is 2. The van der Waals surface area contributed by atoms with Crippen LogP contribution >= 0.6 is 11.6 Å². The van der Waals surface area contributed by atoms with E-state index in [1.807, 2.05) is 42.2 Å². The van der Waals surface area contributed by atoms with Crippen LogP contribution in [0.5, 0.6) is 0 Å². The Kier molecular flexibility index (Phi) is 4.86. The van der Waals surface area contributed by atoms with E-state index in [4.69, 9.17) is 11.6 Å². The van der Waals surface area contributed by atoms with Crippen LogP contribution in [0, 0.1) is 0 Å². The second-order valence-electron chi connectivity index (χ2n) is 6.54. The standard InChI is InChI=1S/C21H21ClN4O/c1-2-23-21(27)26-11-9-14-5-7-16(12-19(14)26)25-13-15-6-8-18(22)17-4-3-10-24-20(15)17/h3-8,10,12,25H,2,9,11,13H2,1H3,(H,23,27). The van der Waals surface area contributed by atoms with Crippen molar-refractivity contribution in [3.8, 4) is 0 Å². The van der Waals surface area contributed by atoms with E-state index in [0.717, 1.165) is 40.8 Å². The van der Waals surface area contributed by atoms with Crippen molar-refractivity contribution < 1.29 is 4.79 Å². The predicted molar refractivity (Wildman–Crippen MR) is 111 cm³/mol. The fourth-order valence-corrected chi connectivity index (χ4v) is 3.70. The SMILES string of the molecule is CCNC(=O)N1CCc2ccc(NCc3ccc(Cl)c4cccnc34)cc21. The minimum absolute atomic E-state index is 0.0405. The summed E-state index contributed by atoms with van der Waals surface area (Å²) in [6.07, 6.45) is 2.67. The van der Waals surface area contributed by atoms with Gasteiger partial charge in [-0.2, -0.15) is 0 Å². The van der Waals surface area contributed by atoms with Crippen LogP contribution in [0.25, 0.3) is 10.9 Å². The molecule has 0 saturated heterocycles. The molecule has 2 aromatic carbocycles. The van der Waals surface area contributed by atoms with E-state index in [-0.39, 0.29) is 6.03 Å². The number of anilines is 2. The number of aromatic nitrogens is 1. The van der Waals surface area contributed by atoms with Crippen LogP contribution in [-0.2, 0) is 13.0 Å². The van der Waals surface area contributed by atoms with Crippen LogP contribution in [0.3, 0.4) is 0 Å². The molecule has 2 heterocycles. The molecule has 0 bridgehead atoms. The zero-order chi connectivity index (χ0) is 18.8. The van der Waals surface area contributed by atoms with Gasteiger partial charge in [0.25, 0.3) is 0 Å². The number of hydrogen-bond donors (Lipinski definition) is 2. The number of fused-ring (bicyclic) bond motifs is 2. The Morgan fingerprint density at radius 3 is 3.00 bits per heavy atom. The van der Waals surface area contributed by atoms with Crippen LogP contribution in [0.2, 0.25) is 5.02 Å². The fraction of sp³-hybridized carbons (Fsp3) is 0.238. The van der Waals surface area contributed by atoms with E-state index in [1.54, 1.807) is 6.20 Å². The highest BCUT2D eigenvalue weighted by molar-refractivity contribution is 6.35. The molecule has 6 heteroatoms. The van der Waals surface area contributed by atoms with Crippen LogP contribution in [0.1, 0.15) is 18.1 Å². The summed E-state index contributed by atoms with van der Waals surface area (Å²) in [4.78, 5) is 18.5. The summed E-state index contributed by atoms with van der Waals surface area (Å²) in [5.74, 6) is 0. The number of halogens is 1. The minimum atomic E-state index is -0.0405. The lowest BCUT2D eigenvalue weighted by Gasteiger charge is -2.18. The van der Waals surface area contributed by atoms with Crippen molar-refractivity contribution in [2.24, 2.45) is 0 Å². The molecular formula is C21H21ClN4O. The van der Waals surface area contributed by atoms with Gasteiger partial charge < -0.3 is 10.6 Å². The van der Waals surface area contributed by atoms with Gasteiger partial charge in [-0.05, 0) is 54.8 Å². The van der Waals surface area contributed by atoms with Crippen molar-refractivity contribution in [1.29, 1.82) is 0 Å². The summed E-state index contributed by atoms with van der Waals surface area (Å²) in [7, 11) is 0. The zero-order valence-corrected chi connectivity index (χ0v) is 15.9. The molecule has 3 aromatic rings. The summed E-state index contributed by atoms with van der Waals surface area (Å²) < 4.78 is 0. The first-order valence-corrected chi connectivity index (χ1v) is 9.49. The average Bonchev–Trinajstić information content (AvgIpc) is 3.11. The predicted octanol–water partition coefficient (Wildman–Crippen LogP) is 4.59. The molecule has 1 aromatic heterocycles. The van der Waals surface area contributed by atoms with E-state index in [2.05, 4.69) is 27.8 Å². The summed E-state index contributed by atoms with van der Waals surface area (Å²) in [6, 6.07) is 13.9. The van der Waals surface area contributed by atoms with Gasteiger partial charge in [0.15, 0.2) is 0 Å². The number of pyridine rings is 1. The zero-order valence-electron chi connectivity index (χ0n) is 15.1. The number of urea groups is 1. The molecule has 0 aliphatic carbocycles. The molecule has 1 aliphatic rings. The van der Waals surface area contributed by atoms with Gasteiger partial charge in [0.05, 0.1) is 11.2 Å². The Balaban J connectivity index is 1.56. The van der Waals surface area contributed by atoms with Gasteiger partial charge in [-0.25, -0.2) is 4.79 Å². The van der Waals surface area contributed by atoms with E-state index in [9.17, 15) is 4.79 Å². The first kappa shape index (κ1) is 17.6. The number of nitrogens with zero attached hydrogens (tertiary/aromatic N) is 2. The Hall–Kier alpha value is -2.79. The van der Waals surface area contributed by atoms with Gasteiger partial charge in [0.1, 0.15) is 0 Å². The largest absolute Gasteiger partial charge is 0.381 e. The molecule has 0 spiro atoms. The Bertz CT molecular complexity index is 1000. The van der Waals surface area contributed by atoms with Crippen LogP contribution < -0.4 is 15.5 Å². The summed E-state index contributed by atoms with van der Waals surface area (Å²) >= 11 is 6.28. The third-order valence-electron chi connectivity index (χ3n) is 4.84. The Labute approximate surface area is 163 Å². The van der Waals surface area contributed by atoms with Crippen molar-refractivity contribution in [1.82, 2.24) is 10.3 Å². The quantitative estimate of drug-likeness (QED) is 0.695. The molecule has 5 nitrogen and oxygen atoms in total. The summed E-state index contributed by atoms with van der Waals surface area (Å²) in [5, 5.41) is 7.99. The molecule has 138 valence electrons. The molecule has 2 amide bonds. The molecule has 0 atom stereocenters. The topological polar surface area (TPSA) is 57.3 Å². The highest BCUT2D eigenvalue weighted by Crippen LogP contribution is 2.31. The number of carbonyl (C=O) groups is 1. The molecule has 0 fully saturated rings. The molecule has 2 N–H and O–H groups in total. The van der Waals surface area contributed by atoms with Gasteiger partial charge in [-0.15, -0.1) is 0 Å². The Morgan fingerprint density at radius 1 is 1.26 bits per heavy atom. The number of amides is 2. The summed E-state index contributed by atoms with van der Waals surface area (Å²) in [6.45, 7) is 3.90. The van der Waals surface area contributed by atoms with Crippen LogP contribution in [0.15, 0.2) is 48.7 Å². The molecule has 0 saturated carbocycles. The molecular weight excluding hydrogens is 360 g/mol. The monoisotopic (exact) mass is 380 g/mol. The van der Waals surface area contributed by atoms with Crippen LogP contribution in [0.4, 0.5) is 16.2 Å². The van der Waals surface area contributed by atoms with Gasteiger partial charge in [0.2, 0.25) is 0 Å². The van der Waals surface area contributed by atoms with Gasteiger partial charge in [0, 0.05) is 41.9 Å². The van der Waals surface area contributed by atoms with Crippen molar-refractivity contribution in [2.75, 3.05) is 23.3 Å². The lowest BCUT2D eigenvalue weighted by molar-refractivity contribution is 0.247. The smallest absolute Gasteiger partial charge is 0.321 e. The van der Waals surface area contributed by atoms with Crippen molar-refractivity contribution >= 4 is 39.9 Å². The first-order chi connectivity index (χ1) is 13.2. The average molecular weight is 381 g/mol. The van der Waals surface area contributed by atoms with Crippen molar-refractivity contribution in [2.45, 2.75) is 19.9 Å². The third kappa shape index (κ3) is 3.43. The number of rotatable bonds is 4. The molecule has 1 aliphatic heterocycles. The maximum atomic E-state index is 12.3. The lowest BCUT2D eigenvalue weighted by atomic mass is 10.1. The Morgan fingerprint density at radius 2 is 2.15 bits per heavy atom. The normalized spacial score (nSPS) is 12.9. The molecule has 27 heavy (non-hydrogen) atoms. The highest BCUT2D eigenvalue weighted by atomic mass is 35.5. The van der Waals surface area contributed by atoms with E-state index >= 15 is 0 Å². The molecule has 4 rings (SSSR count). The second-order valence-corrected chi connectivity index (χ2v) is 6.95. The summed E-state index contributed by atoms with van der Waals surface area (Å²) in [5.41, 5.74) is 5.14. The lowest BCUT2D eigenvalue weighted by Crippen LogP contribution is -2.38. The minimum Gasteiger partial charge on any atom is -0.381 e. The third-order valence-corrected chi connectivity index (χ3v) is 5.17. The number of benzene rings is 2. The van der Waals surface area contributed by atoms with Crippen molar-refractivity contribution in [3.63, 3.8) is 0 Å². The van der Waals surface area contributed by atoms with Gasteiger partial charge >= 0.3 is 6.03 Å². The first-order valence-electron chi connectivity index (χ1n) is 9.11. The van der Waals surface area contributed by atoms with E-state index in [0.29, 0.717) is 18.1 Å². The van der Waals surface area contributed by atoms with Crippen molar-refractivity contribution in [3.05, 3.63) is 64.8 Å². The number of hydrogen-bond acceptors (Lipinski definition) is 3. The maximum absolute atomic E-state index is 12.3. The fourth-order valence-electron chi connectivity index (χ4n) is 3.48. The van der Waals surface area contributed by atoms with E-state index < -0.39 is 0 Å². The maximum Gasteiger partial charge on any atom is 0.321 e. The van der Waals surface area contributed by atoms with E-state index in [1.165, 1.54) is 5.56 Å². The molecule has 0 radical (unpaired) electrons. The van der Waals surface area contributed by atoms with Gasteiger partial charge in [-0.3, -0.25) is 9.88 Å². The van der Waals surface area contributed by atoms with Crippen LogP contribution in [-0.4, -0.2) is 24.1 Å². The highest BCUT2D eigenvalue weighted by Gasteiger charge is 2.24. The second kappa shape index (κ2) is 7.45. The molecule has 0 unspecified atom stereocenters. The number of carbonyl (C=O) groups excluding carboxylic acids is 1. The van der Waals surface area contributed by atoms with Gasteiger partial charge in [-0.1, -0.05) is 23.7 Å².